The molecule has 1 fully saturated rings. The number of phenols is 1. The highest BCUT2D eigenvalue weighted by Crippen LogP contribution is 2.36. The van der Waals surface area contributed by atoms with Crippen LogP contribution in [0.2, 0.25) is 0 Å². The van der Waals surface area contributed by atoms with Gasteiger partial charge < -0.3 is 15.6 Å². The first-order chi connectivity index (χ1) is 9.08. The van der Waals surface area contributed by atoms with E-state index in [1.807, 2.05) is 6.07 Å². The second kappa shape index (κ2) is 7.50. The number of hydrogen-bond acceptors (Lipinski definition) is 4. The number of nitrogens with two attached hydrogens (primary N) is 1. The maximum Gasteiger partial charge on any atom is 0.308 e. The first kappa shape index (κ1) is 16.8. The first-order valence-electron chi connectivity index (χ1n) is 6.85. The molecule has 1 aliphatic rings. The Morgan fingerprint density at radius 3 is 2.55 bits per heavy atom. The molecule has 0 bridgehead atoms. The van der Waals surface area contributed by atoms with Gasteiger partial charge in [-0.2, -0.15) is 0 Å². The average molecular weight is 300 g/mol. The van der Waals surface area contributed by atoms with E-state index in [1.165, 1.54) is 26.2 Å². The minimum Gasteiger partial charge on any atom is -0.504 e. The number of carbonyl (C=O) groups excluding carboxylic acids is 1. The third-order valence-corrected chi connectivity index (χ3v) is 3.78. The van der Waals surface area contributed by atoms with Crippen molar-refractivity contribution in [3.63, 3.8) is 0 Å². The fourth-order valence-electron chi connectivity index (χ4n) is 2.75. The van der Waals surface area contributed by atoms with Gasteiger partial charge in [0.1, 0.15) is 0 Å². The van der Waals surface area contributed by atoms with Crippen molar-refractivity contribution in [1.29, 1.82) is 0 Å². The predicted octanol–water partition coefficient (Wildman–Crippen LogP) is 3.32. The fourth-order valence-corrected chi connectivity index (χ4v) is 2.75. The zero-order valence-corrected chi connectivity index (χ0v) is 12.5. The lowest BCUT2D eigenvalue weighted by Crippen LogP contribution is -2.23. The summed E-state index contributed by atoms with van der Waals surface area (Å²) in [6, 6.07) is 4.99. The topological polar surface area (TPSA) is 72.5 Å². The molecule has 0 unspecified atom stereocenters. The average Bonchev–Trinajstić information content (AvgIpc) is 2.41. The molecule has 1 aromatic carbocycles. The largest absolute Gasteiger partial charge is 0.504 e. The van der Waals surface area contributed by atoms with Gasteiger partial charge in [0, 0.05) is 13.0 Å². The second-order valence-electron chi connectivity index (χ2n) is 5.24. The van der Waals surface area contributed by atoms with Crippen molar-refractivity contribution in [1.82, 2.24) is 0 Å². The van der Waals surface area contributed by atoms with E-state index < -0.39 is 5.97 Å². The van der Waals surface area contributed by atoms with Gasteiger partial charge in [0.15, 0.2) is 11.5 Å². The molecule has 4 nitrogen and oxygen atoms in total. The molecule has 0 radical (unpaired) electrons. The van der Waals surface area contributed by atoms with Crippen LogP contribution in [0.5, 0.6) is 11.5 Å². The molecule has 20 heavy (non-hydrogen) atoms. The lowest BCUT2D eigenvalue weighted by atomic mass is 9.81. The summed E-state index contributed by atoms with van der Waals surface area (Å²) in [5.74, 6) is 0.193. The number of esters is 1. The van der Waals surface area contributed by atoms with Gasteiger partial charge in [-0.15, -0.1) is 12.4 Å². The lowest BCUT2D eigenvalue weighted by Gasteiger charge is -2.27. The van der Waals surface area contributed by atoms with Gasteiger partial charge in [0.2, 0.25) is 0 Å². The van der Waals surface area contributed by atoms with Crippen LogP contribution in [0.25, 0.3) is 0 Å². The minimum absolute atomic E-state index is 0. The molecule has 0 saturated heterocycles. The Bertz CT molecular complexity index is 458. The lowest BCUT2D eigenvalue weighted by molar-refractivity contribution is -0.132. The van der Waals surface area contributed by atoms with Crippen LogP contribution < -0.4 is 10.5 Å². The van der Waals surface area contributed by atoms with Crippen LogP contribution in [-0.2, 0) is 4.79 Å². The quantitative estimate of drug-likeness (QED) is 0.663. The predicted molar refractivity (Wildman–Crippen MR) is 80.2 cm³/mol. The molecule has 1 saturated carbocycles. The van der Waals surface area contributed by atoms with Crippen LogP contribution in [-0.4, -0.2) is 11.1 Å². The van der Waals surface area contributed by atoms with E-state index in [0.29, 0.717) is 5.92 Å². The Labute approximate surface area is 125 Å². The third kappa shape index (κ3) is 4.12. The van der Waals surface area contributed by atoms with Crippen LogP contribution in [0.3, 0.4) is 0 Å². The maximum absolute atomic E-state index is 10.9. The fraction of sp³-hybridized carbons (Fsp3) is 0.533. The Hall–Kier alpha value is -1.26. The van der Waals surface area contributed by atoms with Gasteiger partial charge in [0.05, 0.1) is 0 Å². The van der Waals surface area contributed by atoms with E-state index in [-0.39, 0.29) is 29.9 Å². The SMILES string of the molecule is CC(=O)Oc1ccc([C@@H](N)C2CCCCC2)cc1O.Cl. The van der Waals surface area contributed by atoms with Crippen molar-refractivity contribution in [3.05, 3.63) is 23.8 Å². The number of ether oxygens (including phenoxy) is 1. The molecule has 112 valence electrons. The number of benzene rings is 1. The molecule has 0 aromatic heterocycles. The zero-order valence-electron chi connectivity index (χ0n) is 11.7. The van der Waals surface area contributed by atoms with E-state index in [1.54, 1.807) is 12.1 Å². The standard InChI is InChI=1S/C15H21NO3.ClH/c1-10(17)19-14-8-7-12(9-13(14)18)15(16)11-5-3-2-4-6-11;/h7-9,11,15,18H,2-6,16H2,1H3;1H/t15-;/m0./s1. The van der Waals surface area contributed by atoms with E-state index >= 15 is 0 Å². The molecular weight excluding hydrogens is 278 g/mol. The molecular formula is C15H22ClNO3. The smallest absolute Gasteiger partial charge is 0.308 e. The number of phenolic OH excluding ortho intramolecular Hbond substituents is 1. The summed E-state index contributed by atoms with van der Waals surface area (Å²) in [6.07, 6.45) is 6.05. The van der Waals surface area contributed by atoms with Crippen molar-refractivity contribution in [2.45, 2.75) is 45.1 Å². The van der Waals surface area contributed by atoms with Gasteiger partial charge >= 0.3 is 5.97 Å². The minimum atomic E-state index is -0.445. The summed E-state index contributed by atoms with van der Waals surface area (Å²) in [7, 11) is 0. The maximum atomic E-state index is 10.9. The summed E-state index contributed by atoms with van der Waals surface area (Å²) in [4.78, 5) is 10.9. The summed E-state index contributed by atoms with van der Waals surface area (Å²) in [6.45, 7) is 1.31. The molecule has 0 heterocycles. The Morgan fingerprint density at radius 2 is 2.00 bits per heavy atom. The molecule has 0 spiro atoms. The van der Waals surface area contributed by atoms with E-state index in [4.69, 9.17) is 10.5 Å². The van der Waals surface area contributed by atoms with Crippen molar-refractivity contribution >= 4 is 18.4 Å². The molecule has 3 N–H and O–H groups in total. The van der Waals surface area contributed by atoms with Crippen LogP contribution in [0, 0.1) is 5.92 Å². The Balaban J connectivity index is 0.00000200. The Kier molecular flexibility index (Phi) is 6.30. The molecule has 0 amide bonds. The highest BCUT2D eigenvalue weighted by atomic mass is 35.5. The summed E-state index contributed by atoms with van der Waals surface area (Å²) >= 11 is 0. The number of rotatable bonds is 3. The van der Waals surface area contributed by atoms with Crippen LogP contribution in [0.1, 0.15) is 50.6 Å². The molecule has 1 aliphatic carbocycles. The molecule has 1 aromatic rings. The van der Waals surface area contributed by atoms with Crippen LogP contribution in [0.15, 0.2) is 18.2 Å². The highest BCUT2D eigenvalue weighted by Gasteiger charge is 2.22. The third-order valence-electron chi connectivity index (χ3n) is 3.78. The highest BCUT2D eigenvalue weighted by molar-refractivity contribution is 5.85. The summed E-state index contributed by atoms with van der Waals surface area (Å²) in [5.41, 5.74) is 7.17. The number of aromatic hydroxyl groups is 1. The van der Waals surface area contributed by atoms with Gasteiger partial charge in [0.25, 0.3) is 0 Å². The first-order valence-corrected chi connectivity index (χ1v) is 6.85. The Morgan fingerprint density at radius 1 is 1.35 bits per heavy atom. The van der Waals surface area contributed by atoms with Crippen molar-refractivity contribution < 1.29 is 14.6 Å². The number of carbonyl (C=O) groups is 1. The zero-order chi connectivity index (χ0) is 13.8. The van der Waals surface area contributed by atoms with Crippen LogP contribution >= 0.6 is 12.4 Å². The van der Waals surface area contributed by atoms with Gasteiger partial charge in [-0.1, -0.05) is 25.3 Å². The molecule has 2 rings (SSSR count). The summed E-state index contributed by atoms with van der Waals surface area (Å²) in [5, 5.41) is 9.85. The number of halogens is 1. The monoisotopic (exact) mass is 299 g/mol. The molecule has 1 atom stereocenters. The normalized spacial score (nSPS) is 17.1. The van der Waals surface area contributed by atoms with Crippen molar-refractivity contribution in [2.75, 3.05) is 0 Å². The number of hydrogen-bond donors (Lipinski definition) is 2. The summed E-state index contributed by atoms with van der Waals surface area (Å²) < 4.78 is 4.90. The van der Waals surface area contributed by atoms with E-state index in [0.717, 1.165) is 18.4 Å². The molecule has 0 aliphatic heterocycles. The van der Waals surface area contributed by atoms with Crippen LogP contribution in [0.4, 0.5) is 0 Å². The van der Waals surface area contributed by atoms with E-state index in [9.17, 15) is 9.90 Å². The van der Waals surface area contributed by atoms with Crippen molar-refractivity contribution in [3.8, 4) is 11.5 Å². The molecule has 5 heteroatoms. The van der Waals surface area contributed by atoms with Gasteiger partial charge in [-0.05, 0) is 36.5 Å². The van der Waals surface area contributed by atoms with Gasteiger partial charge in [-0.25, -0.2) is 0 Å². The van der Waals surface area contributed by atoms with Gasteiger partial charge in [-0.3, -0.25) is 4.79 Å². The van der Waals surface area contributed by atoms with E-state index in [2.05, 4.69) is 0 Å². The van der Waals surface area contributed by atoms with Crippen molar-refractivity contribution in [2.24, 2.45) is 11.7 Å². The second-order valence-corrected chi connectivity index (χ2v) is 5.24.